The largest absolute Gasteiger partial charge is 0.497 e. The van der Waals surface area contributed by atoms with Crippen LogP contribution in [0.1, 0.15) is 11.1 Å². The Morgan fingerprint density at radius 1 is 1.08 bits per heavy atom. The quantitative estimate of drug-likeness (QED) is 0.620. The predicted molar refractivity (Wildman–Crippen MR) is 91.2 cm³/mol. The molecule has 0 unspecified atom stereocenters. The number of carbonyl (C=O) groups is 2. The van der Waals surface area contributed by atoms with Gasteiger partial charge in [-0.05, 0) is 41.5 Å². The zero-order valence-corrected chi connectivity index (χ0v) is 13.7. The van der Waals surface area contributed by atoms with Crippen molar-refractivity contribution in [1.82, 2.24) is 5.32 Å². The van der Waals surface area contributed by atoms with Crippen LogP contribution < -0.4 is 10.1 Å². The molecule has 5 nitrogen and oxygen atoms in total. The van der Waals surface area contributed by atoms with Crippen LogP contribution in [0, 0.1) is 5.82 Å². The maximum absolute atomic E-state index is 12.8. The molecule has 0 aromatic heterocycles. The Morgan fingerprint density at radius 2 is 1.76 bits per heavy atom. The summed E-state index contributed by atoms with van der Waals surface area (Å²) in [7, 11) is 1.57. The molecule has 2 aromatic rings. The third-order valence-corrected chi connectivity index (χ3v) is 3.28. The van der Waals surface area contributed by atoms with E-state index in [-0.39, 0.29) is 19.0 Å². The van der Waals surface area contributed by atoms with Crippen molar-refractivity contribution < 1.29 is 23.5 Å². The normalized spacial score (nSPS) is 10.5. The standard InChI is InChI=1S/C19H18FNO4/c1-24-17-9-4-14(5-10-17)6-11-19(23)25-13-18(22)21-12-15-2-7-16(20)8-3-15/h2-11H,12-13H2,1H3,(H,21,22)/b11-6+. The summed E-state index contributed by atoms with van der Waals surface area (Å²) in [6.07, 6.45) is 2.83. The van der Waals surface area contributed by atoms with Crippen LogP contribution in [-0.4, -0.2) is 25.6 Å². The number of nitrogens with one attached hydrogen (secondary N) is 1. The van der Waals surface area contributed by atoms with E-state index in [4.69, 9.17) is 9.47 Å². The Kier molecular flexibility index (Phi) is 6.71. The van der Waals surface area contributed by atoms with E-state index < -0.39 is 11.9 Å². The lowest BCUT2D eigenvalue weighted by atomic mass is 10.2. The molecule has 25 heavy (non-hydrogen) atoms. The number of hydrogen-bond acceptors (Lipinski definition) is 4. The highest BCUT2D eigenvalue weighted by molar-refractivity contribution is 5.89. The van der Waals surface area contributed by atoms with E-state index in [0.717, 1.165) is 16.9 Å². The molecule has 0 saturated carbocycles. The number of amides is 1. The van der Waals surface area contributed by atoms with Crippen molar-refractivity contribution in [2.24, 2.45) is 0 Å². The molecule has 0 spiro atoms. The second-order valence-electron chi connectivity index (χ2n) is 5.12. The van der Waals surface area contributed by atoms with E-state index in [1.165, 1.54) is 18.2 Å². The van der Waals surface area contributed by atoms with E-state index in [9.17, 15) is 14.0 Å². The molecule has 1 N–H and O–H groups in total. The third kappa shape index (κ3) is 6.47. The van der Waals surface area contributed by atoms with Gasteiger partial charge < -0.3 is 14.8 Å². The Hall–Kier alpha value is -3.15. The Bertz CT molecular complexity index is 739. The summed E-state index contributed by atoms with van der Waals surface area (Å²) in [6, 6.07) is 12.9. The van der Waals surface area contributed by atoms with E-state index in [2.05, 4.69) is 5.32 Å². The van der Waals surface area contributed by atoms with Gasteiger partial charge in [0.1, 0.15) is 11.6 Å². The molecule has 1 amide bonds. The molecule has 0 bridgehead atoms. The number of methoxy groups -OCH3 is 1. The summed E-state index contributed by atoms with van der Waals surface area (Å²) in [5, 5.41) is 2.58. The molecule has 0 atom stereocenters. The molecule has 0 aliphatic rings. The molecule has 2 aromatic carbocycles. The number of benzene rings is 2. The zero-order chi connectivity index (χ0) is 18.1. The SMILES string of the molecule is COc1ccc(/C=C/C(=O)OCC(=O)NCc2ccc(F)cc2)cc1. The molecule has 0 fully saturated rings. The van der Waals surface area contributed by atoms with E-state index in [0.29, 0.717) is 0 Å². The lowest BCUT2D eigenvalue weighted by molar-refractivity contribution is -0.143. The first-order valence-electron chi connectivity index (χ1n) is 7.57. The minimum absolute atomic E-state index is 0.234. The highest BCUT2D eigenvalue weighted by Crippen LogP contribution is 2.12. The van der Waals surface area contributed by atoms with Crippen molar-refractivity contribution in [2.45, 2.75) is 6.54 Å². The summed E-state index contributed by atoms with van der Waals surface area (Å²) < 4.78 is 22.7. The first-order valence-corrected chi connectivity index (χ1v) is 7.57. The molecule has 0 aliphatic carbocycles. The van der Waals surface area contributed by atoms with Crippen LogP contribution in [0.5, 0.6) is 5.75 Å². The number of rotatable bonds is 7. The van der Waals surface area contributed by atoms with Crippen LogP contribution in [0.25, 0.3) is 6.08 Å². The molecule has 0 aliphatic heterocycles. The summed E-state index contributed by atoms with van der Waals surface area (Å²) in [4.78, 5) is 23.2. The second kappa shape index (κ2) is 9.22. The van der Waals surface area contributed by atoms with Crippen molar-refractivity contribution >= 4 is 18.0 Å². The monoisotopic (exact) mass is 343 g/mol. The van der Waals surface area contributed by atoms with Gasteiger partial charge in [-0.15, -0.1) is 0 Å². The summed E-state index contributed by atoms with van der Waals surface area (Å²) >= 11 is 0. The topological polar surface area (TPSA) is 64.6 Å². The smallest absolute Gasteiger partial charge is 0.331 e. The fourth-order valence-corrected chi connectivity index (χ4v) is 1.92. The predicted octanol–water partition coefficient (Wildman–Crippen LogP) is 2.71. The van der Waals surface area contributed by atoms with Gasteiger partial charge in [-0.3, -0.25) is 4.79 Å². The van der Waals surface area contributed by atoms with Gasteiger partial charge in [0.2, 0.25) is 0 Å². The van der Waals surface area contributed by atoms with Crippen LogP contribution in [-0.2, 0) is 20.9 Å². The first-order chi connectivity index (χ1) is 12.1. The van der Waals surface area contributed by atoms with E-state index in [1.54, 1.807) is 49.6 Å². The summed E-state index contributed by atoms with van der Waals surface area (Å²) in [6.45, 7) is -0.147. The number of hydrogen-bond donors (Lipinski definition) is 1. The number of ether oxygens (including phenoxy) is 2. The molecule has 6 heteroatoms. The van der Waals surface area contributed by atoms with Crippen LogP contribution in [0.3, 0.4) is 0 Å². The molecule has 130 valence electrons. The van der Waals surface area contributed by atoms with Gasteiger partial charge in [0, 0.05) is 12.6 Å². The van der Waals surface area contributed by atoms with Crippen molar-refractivity contribution in [3.8, 4) is 5.75 Å². The average Bonchev–Trinajstić information content (AvgIpc) is 2.64. The zero-order valence-electron chi connectivity index (χ0n) is 13.7. The Balaban J connectivity index is 1.72. The highest BCUT2D eigenvalue weighted by Gasteiger charge is 2.05. The van der Waals surface area contributed by atoms with Gasteiger partial charge in [0.25, 0.3) is 5.91 Å². The average molecular weight is 343 g/mol. The molecule has 0 saturated heterocycles. The van der Waals surface area contributed by atoms with Crippen LogP contribution in [0.15, 0.2) is 54.6 Å². The lowest BCUT2D eigenvalue weighted by Gasteiger charge is -2.05. The van der Waals surface area contributed by atoms with Gasteiger partial charge in [-0.25, -0.2) is 9.18 Å². The van der Waals surface area contributed by atoms with Crippen molar-refractivity contribution in [1.29, 1.82) is 0 Å². The highest BCUT2D eigenvalue weighted by atomic mass is 19.1. The Labute approximate surface area is 145 Å². The van der Waals surface area contributed by atoms with Gasteiger partial charge in [-0.1, -0.05) is 24.3 Å². The molecular formula is C19H18FNO4. The number of halogens is 1. The third-order valence-electron chi connectivity index (χ3n) is 3.28. The number of esters is 1. The van der Waals surface area contributed by atoms with E-state index in [1.807, 2.05) is 0 Å². The van der Waals surface area contributed by atoms with Crippen LogP contribution in [0.2, 0.25) is 0 Å². The maximum atomic E-state index is 12.8. The summed E-state index contributed by atoms with van der Waals surface area (Å²) in [5.74, 6) is -0.673. The van der Waals surface area contributed by atoms with Crippen LogP contribution in [0.4, 0.5) is 4.39 Å². The maximum Gasteiger partial charge on any atom is 0.331 e. The molecule has 2 rings (SSSR count). The van der Waals surface area contributed by atoms with Gasteiger partial charge in [0.15, 0.2) is 6.61 Å². The minimum atomic E-state index is -0.618. The van der Waals surface area contributed by atoms with Crippen molar-refractivity contribution in [3.05, 3.63) is 71.6 Å². The first kappa shape index (κ1) is 18.2. The van der Waals surface area contributed by atoms with Crippen LogP contribution >= 0.6 is 0 Å². The fourth-order valence-electron chi connectivity index (χ4n) is 1.92. The lowest BCUT2D eigenvalue weighted by Crippen LogP contribution is -2.28. The minimum Gasteiger partial charge on any atom is -0.497 e. The second-order valence-corrected chi connectivity index (χ2v) is 5.12. The van der Waals surface area contributed by atoms with Crippen molar-refractivity contribution in [3.63, 3.8) is 0 Å². The number of carbonyl (C=O) groups excluding carboxylic acids is 2. The van der Waals surface area contributed by atoms with Gasteiger partial charge in [-0.2, -0.15) is 0 Å². The summed E-state index contributed by atoms with van der Waals surface area (Å²) in [5.41, 5.74) is 1.55. The van der Waals surface area contributed by atoms with E-state index >= 15 is 0 Å². The fraction of sp³-hybridized carbons (Fsp3) is 0.158. The molecule has 0 radical (unpaired) electrons. The van der Waals surface area contributed by atoms with Gasteiger partial charge >= 0.3 is 5.97 Å². The Morgan fingerprint density at radius 3 is 2.40 bits per heavy atom. The van der Waals surface area contributed by atoms with Crippen molar-refractivity contribution in [2.75, 3.05) is 13.7 Å². The van der Waals surface area contributed by atoms with Gasteiger partial charge in [0.05, 0.1) is 7.11 Å². The molecule has 0 heterocycles. The molecular weight excluding hydrogens is 325 g/mol.